The summed E-state index contributed by atoms with van der Waals surface area (Å²) >= 11 is 5.81. The van der Waals surface area contributed by atoms with Gasteiger partial charge in [0.2, 0.25) is 0 Å². The third-order valence-corrected chi connectivity index (χ3v) is 3.12. The summed E-state index contributed by atoms with van der Waals surface area (Å²) in [5.74, 6) is 1.45. The fourth-order valence-electron chi connectivity index (χ4n) is 2.10. The van der Waals surface area contributed by atoms with Gasteiger partial charge in [-0.1, -0.05) is 6.07 Å². The number of alkyl halides is 1. The van der Waals surface area contributed by atoms with Crippen LogP contribution in [0.4, 0.5) is 4.79 Å². The molecule has 19 heavy (non-hydrogen) atoms. The van der Waals surface area contributed by atoms with E-state index in [4.69, 9.17) is 17.3 Å². The van der Waals surface area contributed by atoms with Gasteiger partial charge >= 0.3 is 6.03 Å². The molecule has 0 saturated heterocycles. The van der Waals surface area contributed by atoms with Gasteiger partial charge in [-0.25, -0.2) is 9.78 Å². The SMILES string of the molecule is Cc1ccc2nc(CCCl)n(CCNC(N)=O)c2c1. The number of fused-ring (bicyclic) bond motifs is 1. The average molecular weight is 281 g/mol. The third kappa shape index (κ3) is 3.17. The minimum absolute atomic E-state index is 0.476. The molecular weight excluding hydrogens is 264 g/mol. The summed E-state index contributed by atoms with van der Waals surface area (Å²) in [6.07, 6.45) is 0.700. The Labute approximate surface area is 116 Å². The van der Waals surface area contributed by atoms with Gasteiger partial charge in [-0.3, -0.25) is 0 Å². The highest BCUT2D eigenvalue weighted by atomic mass is 35.5. The maximum atomic E-state index is 10.7. The Bertz CT molecular complexity index is 594. The van der Waals surface area contributed by atoms with Crippen molar-refractivity contribution in [1.82, 2.24) is 14.9 Å². The number of aromatic nitrogens is 2. The molecule has 0 bridgehead atoms. The number of hydrogen-bond donors (Lipinski definition) is 2. The lowest BCUT2D eigenvalue weighted by molar-refractivity contribution is 0.248. The van der Waals surface area contributed by atoms with Crippen LogP contribution in [0.15, 0.2) is 18.2 Å². The maximum absolute atomic E-state index is 10.7. The van der Waals surface area contributed by atoms with Crippen molar-refractivity contribution in [2.45, 2.75) is 19.9 Å². The standard InChI is InChI=1S/C13H17ClN4O/c1-9-2-3-10-11(8-9)18(7-6-16-13(15)19)12(17-10)4-5-14/h2-3,8H,4-7H2,1H3,(H3,15,16,19). The van der Waals surface area contributed by atoms with Crippen molar-refractivity contribution in [2.24, 2.45) is 5.73 Å². The number of halogens is 1. The Morgan fingerprint density at radius 3 is 3.00 bits per heavy atom. The van der Waals surface area contributed by atoms with Crippen LogP contribution in [0.5, 0.6) is 0 Å². The summed E-state index contributed by atoms with van der Waals surface area (Å²) in [4.78, 5) is 15.3. The Morgan fingerprint density at radius 1 is 1.53 bits per heavy atom. The number of aryl methyl sites for hydroxylation is 2. The maximum Gasteiger partial charge on any atom is 0.312 e. The molecule has 2 amide bonds. The smallest absolute Gasteiger partial charge is 0.312 e. The van der Waals surface area contributed by atoms with Gasteiger partial charge in [0, 0.05) is 25.4 Å². The fourth-order valence-corrected chi connectivity index (χ4v) is 2.27. The molecule has 3 N–H and O–H groups in total. The van der Waals surface area contributed by atoms with Crippen LogP contribution < -0.4 is 11.1 Å². The number of nitrogens with one attached hydrogen (secondary N) is 1. The molecule has 102 valence electrons. The number of hydrogen-bond acceptors (Lipinski definition) is 2. The number of urea groups is 1. The molecule has 0 spiro atoms. The van der Waals surface area contributed by atoms with Crippen LogP contribution in [0.25, 0.3) is 11.0 Å². The van der Waals surface area contributed by atoms with Crippen molar-refractivity contribution >= 4 is 28.7 Å². The minimum Gasteiger partial charge on any atom is -0.352 e. The lowest BCUT2D eigenvalue weighted by Gasteiger charge is -2.09. The molecule has 0 fully saturated rings. The number of amides is 2. The normalized spacial score (nSPS) is 10.8. The Hall–Kier alpha value is -1.75. The lowest BCUT2D eigenvalue weighted by atomic mass is 10.2. The quantitative estimate of drug-likeness (QED) is 0.820. The van der Waals surface area contributed by atoms with Crippen molar-refractivity contribution in [3.63, 3.8) is 0 Å². The zero-order valence-electron chi connectivity index (χ0n) is 10.8. The zero-order valence-corrected chi connectivity index (χ0v) is 11.6. The Kier molecular flexibility index (Phi) is 4.27. The predicted molar refractivity (Wildman–Crippen MR) is 76.5 cm³/mol. The number of benzene rings is 1. The number of nitrogens with zero attached hydrogens (tertiary/aromatic N) is 2. The van der Waals surface area contributed by atoms with Gasteiger partial charge in [0.25, 0.3) is 0 Å². The molecule has 0 saturated carbocycles. The number of imidazole rings is 1. The zero-order chi connectivity index (χ0) is 13.8. The highest BCUT2D eigenvalue weighted by Gasteiger charge is 2.10. The highest BCUT2D eigenvalue weighted by molar-refractivity contribution is 6.17. The van der Waals surface area contributed by atoms with E-state index in [1.165, 1.54) is 5.56 Å². The molecule has 1 heterocycles. The van der Waals surface area contributed by atoms with Gasteiger partial charge in [0.1, 0.15) is 5.82 Å². The molecule has 2 rings (SSSR count). The van der Waals surface area contributed by atoms with Gasteiger partial charge in [0.05, 0.1) is 11.0 Å². The van der Waals surface area contributed by atoms with E-state index in [0.29, 0.717) is 25.4 Å². The first-order chi connectivity index (χ1) is 9.11. The summed E-state index contributed by atoms with van der Waals surface area (Å²) in [6.45, 7) is 3.15. The highest BCUT2D eigenvalue weighted by Crippen LogP contribution is 2.18. The van der Waals surface area contributed by atoms with Crippen molar-refractivity contribution in [2.75, 3.05) is 12.4 Å². The van der Waals surface area contributed by atoms with Crippen molar-refractivity contribution < 1.29 is 4.79 Å². The Morgan fingerprint density at radius 2 is 2.32 bits per heavy atom. The summed E-state index contributed by atoms with van der Waals surface area (Å²) in [7, 11) is 0. The van der Waals surface area contributed by atoms with E-state index in [-0.39, 0.29) is 0 Å². The number of nitrogens with two attached hydrogens (primary N) is 1. The summed E-state index contributed by atoms with van der Waals surface area (Å²) in [6, 6.07) is 5.61. The van der Waals surface area contributed by atoms with Crippen LogP contribution in [-0.4, -0.2) is 28.0 Å². The average Bonchev–Trinajstić information content (AvgIpc) is 2.67. The van der Waals surface area contributed by atoms with Gasteiger partial charge in [-0.2, -0.15) is 0 Å². The topological polar surface area (TPSA) is 72.9 Å². The first kappa shape index (κ1) is 13.7. The second-order valence-corrected chi connectivity index (χ2v) is 4.78. The number of carbonyl (C=O) groups is 1. The van der Waals surface area contributed by atoms with E-state index in [9.17, 15) is 4.79 Å². The summed E-state index contributed by atoms with van der Waals surface area (Å²) in [5, 5.41) is 2.59. The third-order valence-electron chi connectivity index (χ3n) is 2.94. The van der Waals surface area contributed by atoms with E-state index in [1.54, 1.807) is 0 Å². The lowest BCUT2D eigenvalue weighted by Crippen LogP contribution is -2.32. The van der Waals surface area contributed by atoms with Crippen molar-refractivity contribution in [3.05, 3.63) is 29.6 Å². The van der Waals surface area contributed by atoms with Gasteiger partial charge in [-0.05, 0) is 24.6 Å². The van der Waals surface area contributed by atoms with Crippen molar-refractivity contribution in [3.8, 4) is 0 Å². The first-order valence-electron chi connectivity index (χ1n) is 6.17. The second kappa shape index (κ2) is 5.93. The number of carbonyl (C=O) groups excluding carboxylic acids is 1. The molecule has 6 heteroatoms. The molecule has 0 radical (unpaired) electrons. The van der Waals surface area contributed by atoms with Crippen LogP contribution in [0.3, 0.4) is 0 Å². The fraction of sp³-hybridized carbons (Fsp3) is 0.385. The van der Waals surface area contributed by atoms with Crippen LogP contribution in [0.1, 0.15) is 11.4 Å². The van der Waals surface area contributed by atoms with Crippen molar-refractivity contribution in [1.29, 1.82) is 0 Å². The largest absolute Gasteiger partial charge is 0.352 e. The molecule has 5 nitrogen and oxygen atoms in total. The van der Waals surface area contributed by atoms with Gasteiger partial charge in [-0.15, -0.1) is 11.6 Å². The molecule has 0 aliphatic carbocycles. The van der Waals surface area contributed by atoms with E-state index in [0.717, 1.165) is 16.9 Å². The predicted octanol–water partition coefficient (Wildman–Crippen LogP) is 1.79. The first-order valence-corrected chi connectivity index (χ1v) is 6.70. The number of primary amides is 1. The summed E-state index contributed by atoms with van der Waals surface area (Å²) in [5.41, 5.74) is 8.25. The van der Waals surface area contributed by atoms with E-state index < -0.39 is 6.03 Å². The molecular formula is C13H17ClN4O. The summed E-state index contributed by atoms with van der Waals surface area (Å²) < 4.78 is 2.08. The van der Waals surface area contributed by atoms with Gasteiger partial charge < -0.3 is 15.6 Å². The van der Waals surface area contributed by atoms with Crippen LogP contribution in [0.2, 0.25) is 0 Å². The second-order valence-electron chi connectivity index (χ2n) is 4.40. The van der Waals surface area contributed by atoms with Crippen LogP contribution in [0, 0.1) is 6.92 Å². The molecule has 1 aromatic carbocycles. The van der Waals surface area contributed by atoms with Gasteiger partial charge in [0.15, 0.2) is 0 Å². The van der Waals surface area contributed by atoms with E-state index in [2.05, 4.69) is 20.9 Å². The molecule has 0 atom stereocenters. The molecule has 0 aliphatic heterocycles. The monoisotopic (exact) mass is 280 g/mol. The van der Waals surface area contributed by atoms with Crippen LogP contribution >= 0.6 is 11.6 Å². The minimum atomic E-state index is -0.514. The van der Waals surface area contributed by atoms with E-state index >= 15 is 0 Å². The molecule has 1 aromatic heterocycles. The molecule has 0 aliphatic rings. The Balaban J connectivity index is 2.33. The number of rotatable bonds is 5. The van der Waals surface area contributed by atoms with E-state index in [1.807, 2.05) is 19.1 Å². The molecule has 0 unspecified atom stereocenters. The van der Waals surface area contributed by atoms with Crippen LogP contribution in [-0.2, 0) is 13.0 Å². The molecule has 2 aromatic rings.